The lowest BCUT2D eigenvalue weighted by Gasteiger charge is -2.24. The highest BCUT2D eigenvalue weighted by Crippen LogP contribution is 2.41. The SMILES string of the molecule is CCCCC[C@H](O)/C=C/[C@H]1C(=O)C[C@@H](SC[C@H](NC(=O)CC[C@H](N)C(=O)O)C(=O)NCC(=O)O)[C@@H]1C/C=C\CCCC(=O)O. The van der Waals surface area contributed by atoms with E-state index in [1.54, 1.807) is 12.2 Å². The molecule has 1 fully saturated rings. The third kappa shape index (κ3) is 16.0. The van der Waals surface area contributed by atoms with E-state index in [0.29, 0.717) is 25.7 Å². The van der Waals surface area contributed by atoms with Gasteiger partial charge in [0.2, 0.25) is 11.8 Å². The summed E-state index contributed by atoms with van der Waals surface area (Å²) in [6.45, 7) is 1.40. The van der Waals surface area contributed by atoms with Crippen LogP contribution in [0.5, 0.6) is 0 Å². The molecule has 0 aliphatic heterocycles. The Balaban J connectivity index is 3.03. The minimum Gasteiger partial charge on any atom is -0.481 e. The lowest BCUT2D eigenvalue weighted by atomic mass is 9.91. The van der Waals surface area contributed by atoms with Gasteiger partial charge in [-0.2, -0.15) is 11.8 Å². The quantitative estimate of drug-likeness (QED) is 0.0626. The molecule has 0 radical (unpaired) electrons. The van der Waals surface area contributed by atoms with Crippen molar-refractivity contribution >= 4 is 47.3 Å². The topological polar surface area (TPSA) is 233 Å². The number of aliphatic carboxylic acids is 3. The van der Waals surface area contributed by atoms with Crippen LogP contribution >= 0.6 is 11.8 Å². The van der Waals surface area contributed by atoms with Crippen molar-refractivity contribution in [2.24, 2.45) is 17.6 Å². The number of carboxylic acids is 3. The van der Waals surface area contributed by atoms with E-state index in [2.05, 4.69) is 17.6 Å². The van der Waals surface area contributed by atoms with E-state index in [1.807, 2.05) is 12.2 Å². The predicted octanol–water partition coefficient (Wildman–Crippen LogP) is 1.87. The fourth-order valence-corrected chi connectivity index (χ4v) is 6.23. The van der Waals surface area contributed by atoms with Crippen LogP contribution in [0.1, 0.15) is 77.6 Å². The van der Waals surface area contributed by atoms with Gasteiger partial charge < -0.3 is 36.8 Å². The largest absolute Gasteiger partial charge is 0.481 e. The molecule has 248 valence electrons. The Hall–Kier alpha value is -3.23. The van der Waals surface area contributed by atoms with Gasteiger partial charge in [-0.05, 0) is 38.0 Å². The Labute approximate surface area is 262 Å². The molecule has 0 aromatic rings. The number of aliphatic hydroxyl groups is 1. The zero-order chi connectivity index (χ0) is 33.1. The molecule has 0 aromatic heterocycles. The van der Waals surface area contributed by atoms with E-state index in [-0.39, 0.29) is 48.4 Å². The number of aliphatic hydroxyl groups excluding tert-OH is 1. The van der Waals surface area contributed by atoms with Crippen LogP contribution in [-0.2, 0) is 28.8 Å². The van der Waals surface area contributed by atoms with E-state index in [4.69, 9.17) is 21.1 Å². The second-order valence-corrected chi connectivity index (χ2v) is 12.2. The number of nitrogens with one attached hydrogen (secondary N) is 2. The second-order valence-electron chi connectivity index (χ2n) is 10.9. The Bertz CT molecular complexity index is 1030. The lowest BCUT2D eigenvalue weighted by molar-refractivity contribution is -0.139. The van der Waals surface area contributed by atoms with Gasteiger partial charge in [0.15, 0.2) is 0 Å². The van der Waals surface area contributed by atoms with Crippen LogP contribution in [0.25, 0.3) is 0 Å². The third-order valence-corrected chi connectivity index (χ3v) is 8.71. The molecule has 14 heteroatoms. The number of Topliss-reactive ketones (excluding diaryl/α,β-unsaturated/α-hetero) is 1. The number of thioether (sulfide) groups is 1. The molecule has 0 aromatic carbocycles. The standard InChI is InChI=1S/C30H47N3O10S/c1-2-3-6-9-19(34)12-13-20-21(10-7-4-5-8-11-27(37)38)25(16-24(20)35)44-18-23(29(41)32-17-28(39)40)33-26(36)15-14-22(31)30(42)43/h4,7,12-13,19-23,25,34H,2-3,5-6,8-11,14-18,31H2,1H3,(H,32,41)(H,33,36)(H,37,38)(H,39,40)(H,42,43)/b7-4-,13-12+/t19-,20+,21+,22-,23-,25+/m0/s1. The number of carboxylic acid groups (broad SMARTS) is 3. The summed E-state index contributed by atoms with van der Waals surface area (Å²) in [5, 5.41) is 41.6. The summed E-state index contributed by atoms with van der Waals surface area (Å²) in [4.78, 5) is 71.1. The van der Waals surface area contributed by atoms with Crippen LogP contribution in [0.2, 0.25) is 0 Å². The van der Waals surface area contributed by atoms with Gasteiger partial charge in [0.25, 0.3) is 0 Å². The van der Waals surface area contributed by atoms with Gasteiger partial charge in [0.1, 0.15) is 24.4 Å². The highest BCUT2D eigenvalue weighted by molar-refractivity contribution is 8.00. The zero-order valence-corrected chi connectivity index (χ0v) is 26.0. The molecule has 13 nitrogen and oxygen atoms in total. The van der Waals surface area contributed by atoms with Crippen molar-refractivity contribution in [3.63, 3.8) is 0 Å². The van der Waals surface area contributed by atoms with Crippen LogP contribution in [0.15, 0.2) is 24.3 Å². The van der Waals surface area contributed by atoms with E-state index in [0.717, 1.165) is 19.3 Å². The van der Waals surface area contributed by atoms with Gasteiger partial charge in [-0.1, -0.05) is 50.5 Å². The lowest BCUT2D eigenvalue weighted by Crippen LogP contribution is -2.49. The Morgan fingerprint density at radius 3 is 2.39 bits per heavy atom. The summed E-state index contributed by atoms with van der Waals surface area (Å²) in [7, 11) is 0. The number of amides is 2. The fourth-order valence-electron chi connectivity index (χ4n) is 4.74. The van der Waals surface area contributed by atoms with Crippen molar-refractivity contribution in [3.05, 3.63) is 24.3 Å². The smallest absolute Gasteiger partial charge is 0.322 e. The molecule has 1 rings (SSSR count). The minimum atomic E-state index is -1.27. The third-order valence-electron chi connectivity index (χ3n) is 7.24. The molecule has 8 N–H and O–H groups in total. The van der Waals surface area contributed by atoms with E-state index < -0.39 is 60.4 Å². The average molecular weight is 642 g/mol. The molecule has 1 saturated carbocycles. The molecule has 0 heterocycles. The molecule has 44 heavy (non-hydrogen) atoms. The summed E-state index contributed by atoms with van der Waals surface area (Å²) in [6.07, 6.45) is 11.3. The molecule has 0 unspecified atom stereocenters. The molecule has 0 spiro atoms. The van der Waals surface area contributed by atoms with E-state index in [9.17, 15) is 33.9 Å². The number of nitrogens with two attached hydrogens (primary N) is 1. The summed E-state index contributed by atoms with van der Waals surface area (Å²) in [5.41, 5.74) is 5.46. The normalized spacial score (nSPS) is 20.4. The summed E-state index contributed by atoms with van der Waals surface area (Å²) >= 11 is 1.29. The van der Waals surface area contributed by atoms with Crippen molar-refractivity contribution in [3.8, 4) is 0 Å². The van der Waals surface area contributed by atoms with Crippen molar-refractivity contribution in [2.45, 2.75) is 101 Å². The molecular weight excluding hydrogens is 594 g/mol. The van der Waals surface area contributed by atoms with Crippen molar-refractivity contribution < 1.29 is 49.2 Å². The number of carbonyl (C=O) groups is 6. The molecule has 1 aliphatic rings. The molecule has 0 saturated heterocycles. The van der Waals surface area contributed by atoms with Crippen molar-refractivity contribution in [1.29, 1.82) is 0 Å². The molecular formula is C30H47N3O10S. The molecule has 6 atom stereocenters. The first-order valence-electron chi connectivity index (χ1n) is 15.0. The number of hydrogen-bond donors (Lipinski definition) is 7. The fraction of sp³-hybridized carbons (Fsp3) is 0.667. The zero-order valence-electron chi connectivity index (χ0n) is 25.2. The summed E-state index contributed by atoms with van der Waals surface area (Å²) in [6, 6.07) is -2.41. The molecule has 2 amide bonds. The first kappa shape index (κ1) is 38.8. The monoisotopic (exact) mass is 641 g/mol. The number of hydrogen-bond acceptors (Lipinski definition) is 9. The van der Waals surface area contributed by atoms with E-state index >= 15 is 0 Å². The molecule has 1 aliphatic carbocycles. The van der Waals surface area contributed by atoms with Crippen LogP contribution in [0.4, 0.5) is 0 Å². The maximum absolute atomic E-state index is 13.1. The highest BCUT2D eigenvalue weighted by Gasteiger charge is 2.41. The van der Waals surface area contributed by atoms with E-state index in [1.165, 1.54) is 11.8 Å². The number of carbonyl (C=O) groups excluding carboxylic acids is 3. The van der Waals surface area contributed by atoms with Crippen LogP contribution in [0.3, 0.4) is 0 Å². The van der Waals surface area contributed by atoms with Crippen LogP contribution in [-0.4, -0.2) is 91.7 Å². The van der Waals surface area contributed by atoms with Gasteiger partial charge >= 0.3 is 17.9 Å². The average Bonchev–Trinajstić information content (AvgIpc) is 3.26. The van der Waals surface area contributed by atoms with Gasteiger partial charge in [0.05, 0.1) is 6.10 Å². The number of ketones is 1. The predicted molar refractivity (Wildman–Crippen MR) is 165 cm³/mol. The van der Waals surface area contributed by atoms with Crippen LogP contribution in [0, 0.1) is 11.8 Å². The Morgan fingerprint density at radius 2 is 1.75 bits per heavy atom. The van der Waals surface area contributed by atoms with Gasteiger partial charge in [0, 0.05) is 36.2 Å². The number of unbranched alkanes of at least 4 members (excludes halogenated alkanes) is 3. The number of rotatable bonds is 23. The first-order chi connectivity index (χ1) is 20.8. The highest BCUT2D eigenvalue weighted by atomic mass is 32.2. The maximum Gasteiger partial charge on any atom is 0.322 e. The van der Waals surface area contributed by atoms with Crippen LogP contribution < -0.4 is 16.4 Å². The van der Waals surface area contributed by atoms with Crippen molar-refractivity contribution in [1.82, 2.24) is 10.6 Å². The Kier molecular flexibility index (Phi) is 18.9. The Morgan fingerprint density at radius 1 is 1.02 bits per heavy atom. The minimum absolute atomic E-state index is 0.0228. The summed E-state index contributed by atoms with van der Waals surface area (Å²) < 4.78 is 0. The molecule has 0 bridgehead atoms. The maximum atomic E-state index is 13.1. The van der Waals surface area contributed by atoms with Gasteiger partial charge in [-0.3, -0.25) is 28.8 Å². The van der Waals surface area contributed by atoms with Gasteiger partial charge in [-0.15, -0.1) is 0 Å². The second kappa shape index (κ2) is 21.5. The van der Waals surface area contributed by atoms with Crippen molar-refractivity contribution in [2.75, 3.05) is 12.3 Å². The first-order valence-corrected chi connectivity index (χ1v) is 16.0. The number of allylic oxidation sites excluding steroid dienone is 3. The summed E-state index contributed by atoms with van der Waals surface area (Å²) in [5.74, 6) is -5.46. The van der Waals surface area contributed by atoms with Gasteiger partial charge in [-0.25, -0.2) is 0 Å².